The van der Waals surface area contributed by atoms with E-state index in [0.29, 0.717) is 5.69 Å². The Labute approximate surface area is 73.4 Å². The van der Waals surface area contributed by atoms with Gasteiger partial charge in [-0.05, 0) is 24.3 Å². The molecule has 12 heavy (non-hydrogen) atoms. The number of anilines is 2. The highest BCUT2D eigenvalue weighted by Crippen LogP contribution is 2.12. The topological polar surface area (TPSA) is 61.4 Å². The molecular weight excluding hydrogens is 176 g/mol. The molecule has 1 atom stereocenters. The van der Waals surface area contributed by atoms with Crippen molar-refractivity contribution in [2.45, 2.75) is 0 Å². The van der Waals surface area contributed by atoms with E-state index < -0.39 is 11.3 Å². The molecule has 3 N–H and O–H groups in total. The summed E-state index contributed by atoms with van der Waals surface area (Å²) in [5.41, 5.74) is 1.58. The average Bonchev–Trinajstić information content (AvgIpc) is 2.05. The van der Waals surface area contributed by atoms with Gasteiger partial charge >= 0.3 is 0 Å². The van der Waals surface area contributed by atoms with Crippen LogP contribution >= 0.6 is 0 Å². The van der Waals surface area contributed by atoms with Gasteiger partial charge in [0.15, 0.2) is 0 Å². The van der Waals surface area contributed by atoms with Crippen molar-refractivity contribution in [1.82, 2.24) is 0 Å². The molecule has 0 bridgehead atoms. The molecule has 0 saturated heterocycles. The molecule has 0 aromatic heterocycles. The van der Waals surface area contributed by atoms with Gasteiger partial charge in [0, 0.05) is 18.4 Å². The Morgan fingerprint density at radius 3 is 2.17 bits per heavy atom. The molecule has 4 nitrogen and oxygen atoms in total. The van der Waals surface area contributed by atoms with Crippen LogP contribution in [-0.4, -0.2) is 15.8 Å². The van der Waals surface area contributed by atoms with E-state index >= 15 is 0 Å². The van der Waals surface area contributed by atoms with Crippen LogP contribution in [-0.2, 0) is 11.3 Å². The van der Waals surface area contributed by atoms with Crippen molar-refractivity contribution in [3.8, 4) is 0 Å². The van der Waals surface area contributed by atoms with Gasteiger partial charge in [0.2, 0.25) is 0 Å². The smallest absolute Gasteiger partial charge is 0.259 e. The van der Waals surface area contributed by atoms with E-state index in [-0.39, 0.29) is 0 Å². The van der Waals surface area contributed by atoms with Crippen LogP contribution in [0.1, 0.15) is 0 Å². The molecule has 1 rings (SSSR count). The lowest BCUT2D eigenvalue weighted by Crippen LogP contribution is -2.01. The van der Waals surface area contributed by atoms with Crippen molar-refractivity contribution in [3.05, 3.63) is 24.3 Å². The summed E-state index contributed by atoms with van der Waals surface area (Å²) in [6.45, 7) is 0. The fraction of sp³-hybridized carbons (Fsp3) is 0.143. The predicted octanol–water partition coefficient (Wildman–Crippen LogP) is 1.28. The van der Waals surface area contributed by atoms with Crippen molar-refractivity contribution in [2.24, 2.45) is 0 Å². The molecule has 66 valence electrons. The maximum atomic E-state index is 10.3. The number of benzene rings is 1. The van der Waals surface area contributed by atoms with E-state index in [9.17, 15) is 4.21 Å². The molecule has 5 heteroatoms. The summed E-state index contributed by atoms with van der Waals surface area (Å²) < 4.78 is 21.1. The Balaban J connectivity index is 2.71. The Morgan fingerprint density at radius 2 is 1.75 bits per heavy atom. The van der Waals surface area contributed by atoms with Crippen molar-refractivity contribution < 1.29 is 8.76 Å². The van der Waals surface area contributed by atoms with Gasteiger partial charge in [-0.2, -0.15) is 0 Å². The Bertz CT molecular complexity index is 273. The maximum absolute atomic E-state index is 10.3. The normalized spacial score (nSPS) is 12.2. The third-order valence-corrected chi connectivity index (χ3v) is 1.79. The minimum Gasteiger partial charge on any atom is -0.388 e. The second-order valence-corrected chi connectivity index (χ2v) is 2.88. The van der Waals surface area contributed by atoms with E-state index in [1.807, 2.05) is 19.2 Å². The van der Waals surface area contributed by atoms with Crippen LogP contribution in [0.25, 0.3) is 0 Å². The minimum absolute atomic E-state index is 0.620. The van der Waals surface area contributed by atoms with Crippen molar-refractivity contribution in [1.29, 1.82) is 0 Å². The van der Waals surface area contributed by atoms with Gasteiger partial charge in [0.25, 0.3) is 11.3 Å². The van der Waals surface area contributed by atoms with Gasteiger partial charge < -0.3 is 5.32 Å². The zero-order valence-corrected chi connectivity index (χ0v) is 7.39. The molecule has 0 saturated carbocycles. The van der Waals surface area contributed by atoms with Crippen molar-refractivity contribution in [3.63, 3.8) is 0 Å². The highest BCUT2D eigenvalue weighted by molar-refractivity contribution is 7.80. The van der Waals surface area contributed by atoms with Crippen LogP contribution in [0, 0.1) is 0 Å². The lowest BCUT2D eigenvalue weighted by molar-refractivity contribution is 0.570. The lowest BCUT2D eigenvalue weighted by Gasteiger charge is -2.02. The lowest BCUT2D eigenvalue weighted by atomic mass is 10.3. The number of rotatable bonds is 3. The fourth-order valence-electron chi connectivity index (χ4n) is 0.806. The zero-order chi connectivity index (χ0) is 8.97. The first-order valence-corrected chi connectivity index (χ1v) is 4.48. The maximum Gasteiger partial charge on any atom is 0.259 e. The monoisotopic (exact) mass is 186 g/mol. The molecule has 0 aliphatic heterocycles. The zero-order valence-electron chi connectivity index (χ0n) is 6.57. The number of nitrogens with one attached hydrogen (secondary N) is 2. The van der Waals surface area contributed by atoms with E-state index in [1.54, 1.807) is 12.1 Å². The highest BCUT2D eigenvalue weighted by atomic mass is 32.2. The summed E-state index contributed by atoms with van der Waals surface area (Å²) in [5, 5.41) is 2.94. The first-order valence-electron chi connectivity index (χ1n) is 3.37. The summed E-state index contributed by atoms with van der Waals surface area (Å²) in [4.78, 5) is 0. The molecule has 0 aliphatic carbocycles. The molecule has 0 heterocycles. The summed E-state index contributed by atoms with van der Waals surface area (Å²) in [6, 6.07) is 7.07. The molecular formula is C7H10N2O2S. The highest BCUT2D eigenvalue weighted by Gasteiger charge is 1.94. The quantitative estimate of drug-likeness (QED) is 0.623. The molecule has 0 amide bonds. The van der Waals surface area contributed by atoms with Crippen LogP contribution in [0.4, 0.5) is 11.4 Å². The van der Waals surface area contributed by atoms with Crippen molar-refractivity contribution in [2.75, 3.05) is 17.1 Å². The van der Waals surface area contributed by atoms with E-state index in [2.05, 4.69) is 10.0 Å². The number of hydrogen-bond donors (Lipinski definition) is 3. The Morgan fingerprint density at radius 1 is 1.25 bits per heavy atom. The SMILES string of the molecule is CNc1ccc(NS(=O)O)cc1. The third-order valence-electron chi connectivity index (χ3n) is 1.38. The molecule has 1 aromatic rings. The first kappa shape index (κ1) is 9.02. The van der Waals surface area contributed by atoms with Crippen molar-refractivity contribution >= 4 is 22.6 Å². The van der Waals surface area contributed by atoms with Crippen LogP contribution < -0.4 is 10.0 Å². The van der Waals surface area contributed by atoms with E-state index in [4.69, 9.17) is 4.55 Å². The standard InChI is InChI=1S/C7H10N2O2S/c1-8-6-2-4-7(5-3-6)9-12(10)11/h2-5,8-9H,1H3,(H,10,11). The molecule has 0 radical (unpaired) electrons. The largest absolute Gasteiger partial charge is 0.388 e. The van der Waals surface area contributed by atoms with Gasteiger partial charge in [-0.3, -0.25) is 9.27 Å². The van der Waals surface area contributed by atoms with Gasteiger partial charge in [-0.25, -0.2) is 4.21 Å². The van der Waals surface area contributed by atoms with Crippen LogP contribution in [0.5, 0.6) is 0 Å². The van der Waals surface area contributed by atoms with Crippen LogP contribution in [0.15, 0.2) is 24.3 Å². The van der Waals surface area contributed by atoms with E-state index in [1.165, 1.54) is 0 Å². The van der Waals surface area contributed by atoms with Gasteiger partial charge in [0.05, 0.1) is 0 Å². The third kappa shape index (κ3) is 2.52. The minimum atomic E-state index is -2.00. The summed E-state index contributed by atoms with van der Waals surface area (Å²) in [5.74, 6) is 0. The summed E-state index contributed by atoms with van der Waals surface area (Å²) >= 11 is -2.00. The van der Waals surface area contributed by atoms with Crippen LogP contribution in [0.2, 0.25) is 0 Å². The second-order valence-electron chi connectivity index (χ2n) is 2.18. The number of hydrogen-bond acceptors (Lipinski definition) is 2. The first-order chi connectivity index (χ1) is 5.72. The fourth-order valence-corrected chi connectivity index (χ4v) is 1.14. The summed E-state index contributed by atoms with van der Waals surface area (Å²) in [6.07, 6.45) is 0. The Kier molecular flexibility index (Phi) is 3.07. The second kappa shape index (κ2) is 4.08. The van der Waals surface area contributed by atoms with Crippen LogP contribution in [0.3, 0.4) is 0 Å². The molecule has 0 spiro atoms. The molecule has 0 fully saturated rings. The molecule has 1 unspecified atom stereocenters. The Hall–Kier alpha value is -1.07. The van der Waals surface area contributed by atoms with Gasteiger partial charge in [-0.1, -0.05) is 0 Å². The summed E-state index contributed by atoms with van der Waals surface area (Å²) in [7, 11) is 1.81. The molecule has 0 aliphatic rings. The van der Waals surface area contributed by atoms with Gasteiger partial charge in [-0.15, -0.1) is 0 Å². The van der Waals surface area contributed by atoms with E-state index in [0.717, 1.165) is 5.69 Å². The molecule has 1 aromatic carbocycles. The average molecular weight is 186 g/mol. The predicted molar refractivity (Wildman–Crippen MR) is 50.4 cm³/mol. The van der Waals surface area contributed by atoms with Gasteiger partial charge in [0.1, 0.15) is 0 Å².